The van der Waals surface area contributed by atoms with Crippen LogP contribution in [0.3, 0.4) is 0 Å². The van der Waals surface area contributed by atoms with Crippen LogP contribution in [0.4, 0.5) is 0 Å². The molecule has 2 rings (SSSR count). The summed E-state index contributed by atoms with van der Waals surface area (Å²) in [7, 11) is 0. The van der Waals surface area contributed by atoms with Crippen LogP contribution in [0.5, 0.6) is 0 Å². The highest BCUT2D eigenvalue weighted by atomic mass is 35.5. The van der Waals surface area contributed by atoms with Crippen LogP contribution >= 0.6 is 12.4 Å². The fourth-order valence-electron chi connectivity index (χ4n) is 3.57. The van der Waals surface area contributed by atoms with Crippen molar-refractivity contribution >= 4 is 24.2 Å². The first-order chi connectivity index (χ1) is 10.2. The highest BCUT2D eigenvalue weighted by Gasteiger charge is 2.31. The summed E-state index contributed by atoms with van der Waals surface area (Å²) in [6.45, 7) is 9.34. The third kappa shape index (κ3) is 4.85. The predicted molar refractivity (Wildman–Crippen MR) is 90.1 cm³/mol. The molecule has 1 N–H and O–H groups in total. The molecule has 2 amide bonds. The van der Waals surface area contributed by atoms with Crippen LogP contribution in [-0.4, -0.2) is 60.9 Å². The number of nitrogens with one attached hydrogen (secondary N) is 1. The normalized spacial score (nSPS) is 24.2. The Morgan fingerprint density at radius 2 is 1.59 bits per heavy atom. The summed E-state index contributed by atoms with van der Waals surface area (Å²) in [4.78, 5) is 28.1. The Morgan fingerprint density at radius 3 is 2.09 bits per heavy atom. The van der Waals surface area contributed by atoms with Gasteiger partial charge >= 0.3 is 0 Å². The Bertz CT molecular complexity index is 360. The van der Waals surface area contributed by atoms with Crippen LogP contribution in [0, 0.1) is 11.8 Å². The maximum Gasteiger partial charge on any atom is 0.223 e. The molecule has 22 heavy (non-hydrogen) atoms. The van der Waals surface area contributed by atoms with Crippen molar-refractivity contribution in [3.63, 3.8) is 0 Å². The molecule has 0 spiro atoms. The highest BCUT2D eigenvalue weighted by Crippen LogP contribution is 2.27. The van der Waals surface area contributed by atoms with Gasteiger partial charge in [0.25, 0.3) is 0 Å². The molecule has 0 bridgehead atoms. The molecule has 2 aliphatic rings. The maximum atomic E-state index is 12.3. The van der Waals surface area contributed by atoms with Gasteiger partial charge in [-0.15, -0.1) is 12.4 Å². The number of carbonyl (C=O) groups excluding carboxylic acids is 2. The average Bonchev–Trinajstić information content (AvgIpc) is 2.84. The van der Waals surface area contributed by atoms with E-state index in [1.165, 1.54) is 0 Å². The van der Waals surface area contributed by atoms with E-state index in [1.807, 2.05) is 18.7 Å². The fourth-order valence-corrected chi connectivity index (χ4v) is 3.57. The van der Waals surface area contributed by atoms with E-state index in [0.29, 0.717) is 12.8 Å². The minimum Gasteiger partial charge on any atom is -0.343 e. The molecule has 2 saturated heterocycles. The maximum absolute atomic E-state index is 12.3. The number of hydrogen-bond acceptors (Lipinski definition) is 3. The van der Waals surface area contributed by atoms with Gasteiger partial charge in [0.2, 0.25) is 11.8 Å². The molecule has 2 heterocycles. The molecular weight excluding hydrogens is 302 g/mol. The van der Waals surface area contributed by atoms with Gasteiger partial charge in [0.15, 0.2) is 0 Å². The molecule has 5 nitrogen and oxygen atoms in total. The van der Waals surface area contributed by atoms with Crippen molar-refractivity contribution in [1.29, 1.82) is 0 Å². The topological polar surface area (TPSA) is 52.7 Å². The Balaban J connectivity index is 0.00000242. The molecule has 0 aliphatic carbocycles. The number of likely N-dealkylation sites (tertiary alicyclic amines) is 1. The molecule has 128 valence electrons. The largest absolute Gasteiger partial charge is 0.343 e. The van der Waals surface area contributed by atoms with E-state index in [9.17, 15) is 9.59 Å². The minimum absolute atomic E-state index is 0. The second kappa shape index (κ2) is 9.36. The summed E-state index contributed by atoms with van der Waals surface area (Å²) < 4.78 is 0. The Morgan fingerprint density at radius 1 is 1.05 bits per heavy atom. The standard InChI is InChI=1S/C16H29N3O2.ClH/c1-3-18(4-2)15(20)5-6-16(21)19-9-7-13-11-17-12-14(13)8-10-19;/h13-14,17H,3-12H2,1-2H3;1H/t13-,14+;. The van der Waals surface area contributed by atoms with Gasteiger partial charge in [-0.3, -0.25) is 9.59 Å². The van der Waals surface area contributed by atoms with E-state index in [-0.39, 0.29) is 24.2 Å². The van der Waals surface area contributed by atoms with E-state index in [0.717, 1.165) is 63.9 Å². The van der Waals surface area contributed by atoms with E-state index >= 15 is 0 Å². The van der Waals surface area contributed by atoms with Gasteiger partial charge in [0.1, 0.15) is 0 Å². The van der Waals surface area contributed by atoms with E-state index in [2.05, 4.69) is 5.32 Å². The van der Waals surface area contributed by atoms with Gasteiger partial charge in [-0.1, -0.05) is 0 Å². The Labute approximate surface area is 140 Å². The quantitative estimate of drug-likeness (QED) is 0.831. The lowest BCUT2D eigenvalue weighted by Gasteiger charge is -2.22. The number of amides is 2. The summed E-state index contributed by atoms with van der Waals surface area (Å²) in [5.41, 5.74) is 0. The minimum atomic E-state index is 0. The second-order valence-corrected chi connectivity index (χ2v) is 6.20. The number of halogens is 1. The van der Waals surface area contributed by atoms with Crippen molar-refractivity contribution in [2.75, 3.05) is 39.3 Å². The third-order valence-electron chi connectivity index (χ3n) is 5.04. The zero-order valence-electron chi connectivity index (χ0n) is 13.8. The van der Waals surface area contributed by atoms with Gasteiger partial charge in [0.05, 0.1) is 0 Å². The lowest BCUT2D eigenvalue weighted by atomic mass is 9.92. The molecule has 2 atom stereocenters. The van der Waals surface area contributed by atoms with Gasteiger partial charge in [-0.25, -0.2) is 0 Å². The number of nitrogens with zero attached hydrogens (tertiary/aromatic N) is 2. The van der Waals surface area contributed by atoms with E-state index in [1.54, 1.807) is 4.90 Å². The smallest absolute Gasteiger partial charge is 0.223 e. The van der Waals surface area contributed by atoms with Gasteiger partial charge in [-0.2, -0.15) is 0 Å². The molecule has 0 aromatic heterocycles. The lowest BCUT2D eigenvalue weighted by Crippen LogP contribution is -2.35. The molecule has 0 saturated carbocycles. The zero-order valence-corrected chi connectivity index (χ0v) is 14.7. The van der Waals surface area contributed by atoms with Crippen LogP contribution < -0.4 is 5.32 Å². The van der Waals surface area contributed by atoms with Crippen molar-refractivity contribution < 1.29 is 9.59 Å². The number of carbonyl (C=O) groups is 2. The van der Waals surface area contributed by atoms with E-state index < -0.39 is 0 Å². The molecule has 2 fully saturated rings. The van der Waals surface area contributed by atoms with Crippen LogP contribution in [0.25, 0.3) is 0 Å². The first-order valence-corrected chi connectivity index (χ1v) is 8.42. The second-order valence-electron chi connectivity index (χ2n) is 6.20. The molecular formula is C16H30ClN3O2. The molecule has 0 aromatic carbocycles. The molecule has 0 unspecified atom stereocenters. The van der Waals surface area contributed by atoms with Crippen LogP contribution in [0.2, 0.25) is 0 Å². The van der Waals surface area contributed by atoms with Crippen molar-refractivity contribution in [1.82, 2.24) is 15.1 Å². The van der Waals surface area contributed by atoms with Gasteiger partial charge < -0.3 is 15.1 Å². The van der Waals surface area contributed by atoms with Crippen molar-refractivity contribution in [2.24, 2.45) is 11.8 Å². The molecule has 2 aliphatic heterocycles. The van der Waals surface area contributed by atoms with Crippen molar-refractivity contribution in [2.45, 2.75) is 39.5 Å². The summed E-state index contributed by atoms with van der Waals surface area (Å²) in [5, 5.41) is 3.45. The summed E-state index contributed by atoms with van der Waals surface area (Å²) in [5.74, 6) is 1.73. The Kier molecular flexibility index (Phi) is 8.18. The zero-order chi connectivity index (χ0) is 15.2. The molecule has 0 radical (unpaired) electrons. The monoisotopic (exact) mass is 331 g/mol. The van der Waals surface area contributed by atoms with Crippen LogP contribution in [0.1, 0.15) is 39.5 Å². The number of rotatable bonds is 5. The highest BCUT2D eigenvalue weighted by molar-refractivity contribution is 5.85. The summed E-state index contributed by atoms with van der Waals surface area (Å²) >= 11 is 0. The number of hydrogen-bond donors (Lipinski definition) is 1. The van der Waals surface area contributed by atoms with Crippen molar-refractivity contribution in [3.8, 4) is 0 Å². The Hall–Kier alpha value is -0.810. The summed E-state index contributed by atoms with van der Waals surface area (Å²) in [6.07, 6.45) is 2.93. The van der Waals surface area contributed by atoms with Crippen LogP contribution in [-0.2, 0) is 9.59 Å². The summed E-state index contributed by atoms with van der Waals surface area (Å²) in [6, 6.07) is 0. The van der Waals surface area contributed by atoms with E-state index in [4.69, 9.17) is 0 Å². The number of fused-ring (bicyclic) bond motifs is 1. The van der Waals surface area contributed by atoms with Crippen LogP contribution in [0.15, 0.2) is 0 Å². The molecule has 6 heteroatoms. The average molecular weight is 332 g/mol. The molecule has 0 aromatic rings. The fraction of sp³-hybridized carbons (Fsp3) is 0.875. The van der Waals surface area contributed by atoms with Crippen molar-refractivity contribution in [3.05, 3.63) is 0 Å². The predicted octanol–water partition coefficient (Wildman–Crippen LogP) is 1.51. The van der Waals surface area contributed by atoms with Gasteiger partial charge in [0, 0.05) is 39.0 Å². The first-order valence-electron chi connectivity index (χ1n) is 8.42. The lowest BCUT2D eigenvalue weighted by molar-refractivity contribution is -0.136. The van der Waals surface area contributed by atoms with Gasteiger partial charge in [-0.05, 0) is 51.6 Å². The SMILES string of the molecule is CCN(CC)C(=O)CCC(=O)N1CC[C@@H]2CNC[C@@H]2CC1.Cl. The first kappa shape index (κ1) is 19.2. The third-order valence-corrected chi connectivity index (χ3v) is 5.04.